The van der Waals surface area contributed by atoms with Crippen LogP contribution in [0, 0.1) is 0 Å². The Kier molecular flexibility index (Phi) is 5.32. The SMILES string of the molecule is CNC(=O)C1(n2nc(-c3ccc4ccc(-c5ccccn5)nc4c3)c3c(N)ncnc32)CCCCC1. The van der Waals surface area contributed by atoms with Gasteiger partial charge in [-0.3, -0.25) is 9.78 Å². The van der Waals surface area contributed by atoms with E-state index in [0.717, 1.165) is 47.1 Å². The molecule has 6 rings (SSSR count). The van der Waals surface area contributed by atoms with Crippen molar-refractivity contribution in [3.63, 3.8) is 0 Å². The van der Waals surface area contributed by atoms with E-state index >= 15 is 0 Å². The molecule has 9 nitrogen and oxygen atoms in total. The highest BCUT2D eigenvalue weighted by molar-refractivity contribution is 6.01. The van der Waals surface area contributed by atoms with Crippen LogP contribution in [-0.4, -0.2) is 42.7 Å². The summed E-state index contributed by atoms with van der Waals surface area (Å²) >= 11 is 0. The Morgan fingerprint density at radius 2 is 1.83 bits per heavy atom. The first-order valence-electron chi connectivity index (χ1n) is 12.2. The molecule has 4 aromatic heterocycles. The normalized spacial score (nSPS) is 15.2. The minimum absolute atomic E-state index is 0.0597. The second-order valence-corrected chi connectivity index (χ2v) is 9.21. The van der Waals surface area contributed by atoms with E-state index in [1.165, 1.54) is 6.33 Å². The van der Waals surface area contributed by atoms with Crippen LogP contribution in [0.1, 0.15) is 32.1 Å². The van der Waals surface area contributed by atoms with Crippen LogP contribution >= 0.6 is 0 Å². The van der Waals surface area contributed by atoms with Gasteiger partial charge in [0.25, 0.3) is 0 Å². The van der Waals surface area contributed by atoms with Crippen LogP contribution in [0.2, 0.25) is 0 Å². The molecule has 36 heavy (non-hydrogen) atoms. The van der Waals surface area contributed by atoms with Crippen LogP contribution in [0.4, 0.5) is 5.82 Å². The van der Waals surface area contributed by atoms with Crippen LogP contribution in [0.25, 0.3) is 44.6 Å². The number of nitrogens with one attached hydrogen (secondary N) is 1. The second-order valence-electron chi connectivity index (χ2n) is 9.21. The van der Waals surface area contributed by atoms with E-state index in [1.807, 2.05) is 48.5 Å². The summed E-state index contributed by atoms with van der Waals surface area (Å²) in [5.41, 5.74) is 10.0. The highest BCUT2D eigenvalue weighted by atomic mass is 16.2. The fraction of sp³-hybridized carbons (Fsp3) is 0.259. The molecule has 180 valence electrons. The van der Waals surface area contributed by atoms with Gasteiger partial charge in [0.1, 0.15) is 23.4 Å². The van der Waals surface area contributed by atoms with E-state index in [0.29, 0.717) is 35.4 Å². The van der Waals surface area contributed by atoms with Crippen LogP contribution in [0.3, 0.4) is 0 Å². The van der Waals surface area contributed by atoms with Crippen molar-refractivity contribution in [2.45, 2.75) is 37.6 Å². The maximum Gasteiger partial charge on any atom is 0.247 e. The molecule has 1 aliphatic rings. The molecule has 0 atom stereocenters. The minimum Gasteiger partial charge on any atom is -0.383 e. The molecule has 0 radical (unpaired) electrons. The van der Waals surface area contributed by atoms with Crippen LogP contribution in [-0.2, 0) is 10.3 Å². The third-order valence-electron chi connectivity index (χ3n) is 7.12. The Morgan fingerprint density at radius 3 is 2.61 bits per heavy atom. The second kappa shape index (κ2) is 8.67. The van der Waals surface area contributed by atoms with Gasteiger partial charge in [-0.05, 0) is 37.1 Å². The fourth-order valence-electron chi connectivity index (χ4n) is 5.30. The first-order valence-corrected chi connectivity index (χ1v) is 12.2. The van der Waals surface area contributed by atoms with E-state index in [4.69, 9.17) is 15.8 Å². The molecule has 1 aromatic carbocycles. The molecule has 0 aliphatic heterocycles. The number of hydrogen-bond donors (Lipinski definition) is 2. The molecule has 5 aromatic rings. The zero-order valence-electron chi connectivity index (χ0n) is 20.0. The molecule has 9 heteroatoms. The van der Waals surface area contributed by atoms with Crippen LogP contribution in [0.5, 0.6) is 0 Å². The average molecular weight is 479 g/mol. The molecule has 0 saturated heterocycles. The summed E-state index contributed by atoms with van der Waals surface area (Å²) in [6.45, 7) is 0. The van der Waals surface area contributed by atoms with Gasteiger partial charge in [-0.2, -0.15) is 5.10 Å². The Morgan fingerprint density at radius 1 is 1.00 bits per heavy atom. The van der Waals surface area contributed by atoms with Crippen molar-refractivity contribution in [2.24, 2.45) is 0 Å². The van der Waals surface area contributed by atoms with Crippen molar-refractivity contribution in [3.05, 3.63) is 61.1 Å². The lowest BCUT2D eigenvalue weighted by Crippen LogP contribution is -2.49. The maximum absolute atomic E-state index is 13.2. The van der Waals surface area contributed by atoms with E-state index in [2.05, 4.69) is 20.3 Å². The van der Waals surface area contributed by atoms with Gasteiger partial charge in [0.2, 0.25) is 5.91 Å². The number of anilines is 1. The number of carbonyl (C=O) groups excluding carboxylic acids is 1. The zero-order chi connectivity index (χ0) is 24.7. The number of nitrogens with two attached hydrogens (primary N) is 1. The Hall–Kier alpha value is -4.40. The van der Waals surface area contributed by atoms with E-state index in [-0.39, 0.29) is 5.91 Å². The summed E-state index contributed by atoms with van der Waals surface area (Å²) in [5.74, 6) is 0.273. The van der Waals surface area contributed by atoms with Crippen molar-refractivity contribution < 1.29 is 4.79 Å². The average Bonchev–Trinajstić information content (AvgIpc) is 3.34. The Balaban J connectivity index is 1.55. The number of carbonyl (C=O) groups is 1. The van der Waals surface area contributed by atoms with Gasteiger partial charge in [-0.25, -0.2) is 19.6 Å². The topological polar surface area (TPSA) is 124 Å². The number of benzene rings is 1. The van der Waals surface area contributed by atoms with Gasteiger partial charge >= 0.3 is 0 Å². The van der Waals surface area contributed by atoms with Gasteiger partial charge in [0, 0.05) is 24.2 Å². The summed E-state index contributed by atoms with van der Waals surface area (Å²) in [6.07, 6.45) is 7.56. The predicted octanol–water partition coefficient (Wildman–Crippen LogP) is 4.09. The number of nitrogens with zero attached hydrogens (tertiary/aromatic N) is 6. The zero-order valence-corrected chi connectivity index (χ0v) is 20.0. The van der Waals surface area contributed by atoms with Crippen molar-refractivity contribution in [2.75, 3.05) is 12.8 Å². The number of amides is 1. The van der Waals surface area contributed by atoms with E-state index in [9.17, 15) is 4.79 Å². The summed E-state index contributed by atoms with van der Waals surface area (Å²) in [7, 11) is 1.67. The number of nitrogen functional groups attached to an aromatic ring is 1. The number of rotatable bonds is 4. The van der Waals surface area contributed by atoms with Gasteiger partial charge in [0.05, 0.1) is 22.3 Å². The maximum atomic E-state index is 13.2. The summed E-state index contributed by atoms with van der Waals surface area (Å²) in [6, 6.07) is 15.8. The molecule has 3 N–H and O–H groups in total. The summed E-state index contributed by atoms with van der Waals surface area (Å²) in [5, 5.41) is 9.51. The van der Waals surface area contributed by atoms with Crippen molar-refractivity contribution >= 4 is 33.7 Å². The molecule has 0 bridgehead atoms. The van der Waals surface area contributed by atoms with Crippen molar-refractivity contribution in [1.29, 1.82) is 0 Å². The minimum atomic E-state index is -0.814. The number of likely N-dealkylation sites (N-methyl/N-ethyl adjacent to an activating group) is 1. The monoisotopic (exact) mass is 478 g/mol. The molecule has 1 aliphatic carbocycles. The third kappa shape index (κ3) is 3.46. The quantitative estimate of drug-likeness (QED) is 0.399. The lowest BCUT2D eigenvalue weighted by molar-refractivity contribution is -0.131. The summed E-state index contributed by atoms with van der Waals surface area (Å²) < 4.78 is 1.79. The highest BCUT2D eigenvalue weighted by Gasteiger charge is 2.43. The Labute approximate surface area is 207 Å². The van der Waals surface area contributed by atoms with Crippen molar-refractivity contribution in [3.8, 4) is 22.6 Å². The van der Waals surface area contributed by atoms with Gasteiger partial charge in [0.15, 0.2) is 5.65 Å². The van der Waals surface area contributed by atoms with Gasteiger partial charge in [-0.15, -0.1) is 0 Å². The number of pyridine rings is 2. The highest BCUT2D eigenvalue weighted by Crippen LogP contribution is 2.40. The fourth-order valence-corrected chi connectivity index (χ4v) is 5.30. The molecular weight excluding hydrogens is 452 g/mol. The van der Waals surface area contributed by atoms with E-state index in [1.54, 1.807) is 17.9 Å². The van der Waals surface area contributed by atoms with Crippen LogP contribution in [0.15, 0.2) is 61.1 Å². The molecular formula is C27H26N8O. The number of fused-ring (bicyclic) bond motifs is 2. The summed E-state index contributed by atoms with van der Waals surface area (Å²) in [4.78, 5) is 31.3. The molecule has 0 spiro atoms. The standard InChI is InChI=1S/C27H26N8O/c1-29-26(36)27(12-4-2-5-13-27)35-25-22(24(28)31-16-32-25)23(34-35)18-9-8-17-10-11-20(33-21(17)15-18)19-7-3-6-14-30-19/h3,6-11,14-16H,2,4-5,12-13H2,1H3,(H,29,36)(H2,28,31,32). The molecule has 1 fully saturated rings. The number of aromatic nitrogens is 6. The largest absolute Gasteiger partial charge is 0.383 e. The predicted molar refractivity (Wildman–Crippen MR) is 139 cm³/mol. The lowest BCUT2D eigenvalue weighted by Gasteiger charge is -2.35. The van der Waals surface area contributed by atoms with E-state index < -0.39 is 5.54 Å². The molecule has 0 unspecified atom stereocenters. The molecule has 1 saturated carbocycles. The third-order valence-corrected chi connectivity index (χ3v) is 7.12. The molecule has 4 heterocycles. The van der Waals surface area contributed by atoms with Crippen LogP contribution < -0.4 is 11.1 Å². The first kappa shape index (κ1) is 22.1. The van der Waals surface area contributed by atoms with Crippen molar-refractivity contribution in [1.82, 2.24) is 35.0 Å². The van der Waals surface area contributed by atoms with Gasteiger partial charge in [-0.1, -0.05) is 43.5 Å². The first-order chi connectivity index (χ1) is 17.6. The molecule has 1 amide bonds. The van der Waals surface area contributed by atoms with Gasteiger partial charge < -0.3 is 11.1 Å². The Bertz CT molecular complexity index is 1590. The number of hydrogen-bond acceptors (Lipinski definition) is 7. The smallest absolute Gasteiger partial charge is 0.247 e. The lowest BCUT2D eigenvalue weighted by atomic mass is 9.81.